The maximum atomic E-state index is 10.4. The van der Waals surface area contributed by atoms with Crippen LogP contribution in [0.1, 0.15) is 46.5 Å². The van der Waals surface area contributed by atoms with Gasteiger partial charge in [-0.1, -0.05) is 23.3 Å². The molecule has 1 spiro atoms. The third-order valence-corrected chi connectivity index (χ3v) is 5.74. The van der Waals surface area contributed by atoms with E-state index < -0.39 is 5.60 Å². The molecule has 0 aromatic carbocycles. The molecule has 1 saturated heterocycles. The van der Waals surface area contributed by atoms with Gasteiger partial charge < -0.3 is 14.6 Å². The summed E-state index contributed by atoms with van der Waals surface area (Å²) in [6.07, 6.45) is 7.74. The lowest BCUT2D eigenvalue weighted by Crippen LogP contribution is -2.48. The molecule has 3 heteroatoms. The third-order valence-electron chi connectivity index (χ3n) is 5.74. The van der Waals surface area contributed by atoms with E-state index in [1.54, 1.807) is 7.11 Å². The predicted octanol–water partition coefficient (Wildman–Crippen LogP) is 2.99. The van der Waals surface area contributed by atoms with Gasteiger partial charge >= 0.3 is 0 Å². The second kappa shape index (κ2) is 4.43. The first-order valence-electron chi connectivity index (χ1n) is 7.62. The van der Waals surface area contributed by atoms with Gasteiger partial charge in [-0.3, -0.25) is 0 Å². The predicted molar refractivity (Wildman–Crippen MR) is 78.5 cm³/mol. The van der Waals surface area contributed by atoms with Crippen LogP contribution in [0.15, 0.2) is 23.3 Å². The van der Waals surface area contributed by atoms with Crippen molar-refractivity contribution in [1.82, 2.24) is 0 Å². The third kappa shape index (κ3) is 1.63. The van der Waals surface area contributed by atoms with Gasteiger partial charge in [0.1, 0.15) is 11.2 Å². The molecule has 3 aliphatic rings. The molecule has 0 amide bonds. The molecule has 2 aliphatic carbocycles. The molecule has 1 heterocycles. The van der Waals surface area contributed by atoms with E-state index in [4.69, 9.17) is 9.47 Å². The topological polar surface area (TPSA) is 42.0 Å². The summed E-state index contributed by atoms with van der Waals surface area (Å²) in [5.74, 6) is 0. The highest BCUT2D eigenvalue weighted by atomic mass is 16.6. The number of rotatable bonds is 4. The number of hydrogen-bond acceptors (Lipinski definition) is 3. The molecule has 1 aliphatic heterocycles. The van der Waals surface area contributed by atoms with Crippen molar-refractivity contribution in [2.24, 2.45) is 5.41 Å². The second-order valence-corrected chi connectivity index (χ2v) is 6.92. The summed E-state index contributed by atoms with van der Waals surface area (Å²) in [6, 6.07) is 0. The quantitative estimate of drug-likeness (QED) is 0.635. The van der Waals surface area contributed by atoms with Gasteiger partial charge in [0.15, 0.2) is 0 Å². The standard InChI is InChI=1S/C17H26O3/c1-12(2)6-5-7-13(3)16-10-17(16,19-4)14(18)8-9-15(16)11-20-15/h6-7,14,18H,5,8-11H2,1-4H3/b13-7+/t14-,15+,16-,17-/m1/s1. The van der Waals surface area contributed by atoms with Gasteiger partial charge in [-0.2, -0.15) is 0 Å². The highest BCUT2D eigenvalue weighted by Gasteiger charge is 2.86. The summed E-state index contributed by atoms with van der Waals surface area (Å²) in [7, 11) is 1.73. The van der Waals surface area contributed by atoms with Crippen LogP contribution in [-0.2, 0) is 9.47 Å². The second-order valence-electron chi connectivity index (χ2n) is 6.92. The number of ether oxygens (including phenoxy) is 2. The smallest absolute Gasteiger partial charge is 0.107 e. The summed E-state index contributed by atoms with van der Waals surface area (Å²) in [5.41, 5.74) is 2.10. The summed E-state index contributed by atoms with van der Waals surface area (Å²) < 4.78 is 11.7. The van der Waals surface area contributed by atoms with E-state index >= 15 is 0 Å². The Morgan fingerprint density at radius 3 is 2.60 bits per heavy atom. The lowest BCUT2D eigenvalue weighted by atomic mass is 9.71. The number of epoxide rings is 1. The Hall–Kier alpha value is -0.640. The molecule has 3 fully saturated rings. The van der Waals surface area contributed by atoms with Crippen molar-refractivity contribution in [3.05, 3.63) is 23.3 Å². The minimum absolute atomic E-state index is 0.0617. The highest BCUT2D eigenvalue weighted by molar-refractivity contribution is 5.44. The number of fused-ring (bicyclic) bond motifs is 2. The van der Waals surface area contributed by atoms with Gasteiger partial charge in [-0.15, -0.1) is 0 Å². The number of hydrogen-bond donors (Lipinski definition) is 1. The lowest BCUT2D eigenvalue weighted by molar-refractivity contribution is -0.0921. The number of aliphatic hydroxyl groups is 1. The summed E-state index contributed by atoms with van der Waals surface area (Å²) in [6.45, 7) is 7.24. The number of aliphatic hydroxyl groups excluding tert-OH is 1. The first kappa shape index (κ1) is 14.3. The van der Waals surface area contributed by atoms with Crippen molar-refractivity contribution in [1.29, 1.82) is 0 Å². The fraction of sp³-hybridized carbons (Fsp3) is 0.765. The van der Waals surface area contributed by atoms with Crippen LogP contribution >= 0.6 is 0 Å². The van der Waals surface area contributed by atoms with Crippen molar-refractivity contribution in [2.75, 3.05) is 13.7 Å². The maximum Gasteiger partial charge on any atom is 0.107 e. The van der Waals surface area contributed by atoms with Crippen LogP contribution in [0.2, 0.25) is 0 Å². The minimum Gasteiger partial charge on any atom is -0.390 e. The van der Waals surface area contributed by atoms with Gasteiger partial charge in [0.2, 0.25) is 0 Å². The molecule has 0 unspecified atom stereocenters. The molecule has 3 rings (SSSR count). The normalized spacial score (nSPS) is 46.0. The monoisotopic (exact) mass is 278 g/mol. The molecular formula is C17H26O3. The average Bonchev–Trinajstić information content (AvgIpc) is 3.28. The van der Waals surface area contributed by atoms with E-state index in [1.807, 2.05) is 0 Å². The first-order chi connectivity index (χ1) is 9.44. The van der Waals surface area contributed by atoms with Gasteiger partial charge in [0, 0.05) is 7.11 Å². The molecule has 2 saturated carbocycles. The number of allylic oxidation sites excluding steroid dienone is 3. The van der Waals surface area contributed by atoms with E-state index in [0.29, 0.717) is 0 Å². The molecule has 3 nitrogen and oxygen atoms in total. The van der Waals surface area contributed by atoms with Gasteiger partial charge in [-0.05, 0) is 46.5 Å². The van der Waals surface area contributed by atoms with Gasteiger partial charge in [-0.25, -0.2) is 0 Å². The van der Waals surface area contributed by atoms with E-state index in [-0.39, 0.29) is 17.1 Å². The Labute approximate surface area is 121 Å². The summed E-state index contributed by atoms with van der Waals surface area (Å²) in [5, 5.41) is 10.4. The first-order valence-corrected chi connectivity index (χ1v) is 7.62. The highest BCUT2D eigenvalue weighted by Crippen LogP contribution is 2.77. The SMILES string of the molecule is CO[C@@]12C[C@@]1(/C(C)=C/CC=C(C)C)[C@]1(CC[C@H]2O)CO1. The van der Waals surface area contributed by atoms with Crippen LogP contribution in [0.4, 0.5) is 0 Å². The van der Waals surface area contributed by atoms with Crippen molar-refractivity contribution in [3.63, 3.8) is 0 Å². The summed E-state index contributed by atoms with van der Waals surface area (Å²) in [4.78, 5) is 0. The largest absolute Gasteiger partial charge is 0.390 e. The fourth-order valence-electron chi connectivity index (χ4n) is 4.45. The van der Waals surface area contributed by atoms with E-state index in [2.05, 4.69) is 32.9 Å². The van der Waals surface area contributed by atoms with Crippen LogP contribution in [-0.4, -0.2) is 36.1 Å². The van der Waals surface area contributed by atoms with Crippen LogP contribution in [0.25, 0.3) is 0 Å². The lowest BCUT2D eigenvalue weighted by Gasteiger charge is -2.39. The molecule has 4 atom stereocenters. The van der Waals surface area contributed by atoms with Gasteiger partial charge in [0.05, 0.1) is 18.1 Å². The Morgan fingerprint density at radius 1 is 1.35 bits per heavy atom. The maximum absolute atomic E-state index is 10.4. The molecule has 0 radical (unpaired) electrons. The fourth-order valence-corrected chi connectivity index (χ4v) is 4.45. The minimum atomic E-state index is -0.409. The van der Waals surface area contributed by atoms with Crippen LogP contribution < -0.4 is 0 Å². The van der Waals surface area contributed by atoms with Crippen LogP contribution in [0, 0.1) is 5.41 Å². The van der Waals surface area contributed by atoms with Crippen molar-refractivity contribution < 1.29 is 14.6 Å². The van der Waals surface area contributed by atoms with Crippen molar-refractivity contribution in [2.45, 2.75) is 63.8 Å². The van der Waals surface area contributed by atoms with E-state index in [9.17, 15) is 5.11 Å². The Bertz CT molecular complexity index is 471. The van der Waals surface area contributed by atoms with Crippen LogP contribution in [0.3, 0.4) is 0 Å². The molecule has 20 heavy (non-hydrogen) atoms. The molecular weight excluding hydrogens is 252 g/mol. The number of methoxy groups -OCH3 is 1. The van der Waals surface area contributed by atoms with E-state index in [0.717, 1.165) is 32.3 Å². The van der Waals surface area contributed by atoms with Crippen molar-refractivity contribution in [3.8, 4) is 0 Å². The zero-order chi connectivity index (χ0) is 14.6. The molecule has 112 valence electrons. The van der Waals surface area contributed by atoms with Crippen molar-refractivity contribution >= 4 is 0 Å². The Kier molecular flexibility index (Phi) is 3.16. The zero-order valence-corrected chi connectivity index (χ0v) is 13.0. The average molecular weight is 278 g/mol. The Morgan fingerprint density at radius 2 is 2.05 bits per heavy atom. The zero-order valence-electron chi connectivity index (χ0n) is 13.0. The Balaban J connectivity index is 1.91. The molecule has 1 N–H and O–H groups in total. The summed E-state index contributed by atoms with van der Waals surface area (Å²) >= 11 is 0. The van der Waals surface area contributed by atoms with Crippen LogP contribution in [0.5, 0.6) is 0 Å². The van der Waals surface area contributed by atoms with Gasteiger partial charge in [0.25, 0.3) is 0 Å². The molecule has 0 bridgehead atoms. The van der Waals surface area contributed by atoms with E-state index in [1.165, 1.54) is 11.1 Å². The molecule has 0 aromatic heterocycles. The molecule has 0 aromatic rings.